The highest BCUT2D eigenvalue weighted by Gasteiger charge is 2.51. The quantitative estimate of drug-likeness (QED) is 0.430. The summed E-state index contributed by atoms with van der Waals surface area (Å²) in [6, 6.07) is 0. The van der Waals surface area contributed by atoms with E-state index in [2.05, 4.69) is 28.4 Å². The molecule has 1 saturated heterocycles. The van der Waals surface area contributed by atoms with Crippen LogP contribution < -0.4 is 0 Å². The molecular weight excluding hydrogens is 334 g/mol. The van der Waals surface area contributed by atoms with E-state index in [4.69, 9.17) is 0 Å². The van der Waals surface area contributed by atoms with E-state index in [1.54, 1.807) is 18.2 Å². The molecule has 2 aliphatic heterocycles. The Kier molecular flexibility index (Phi) is 4.23. The van der Waals surface area contributed by atoms with E-state index in [1.807, 2.05) is 13.0 Å². The van der Waals surface area contributed by atoms with E-state index in [-0.39, 0.29) is 23.7 Å². The maximum absolute atomic E-state index is 12.6. The molecule has 0 aromatic carbocycles. The van der Waals surface area contributed by atoms with Crippen molar-refractivity contribution in [2.24, 2.45) is 39.2 Å². The SMILES string of the molecule is C=C/C=C\C1C(=O)N(CC2CC2C2C=CC=C3N=NSC32)C(=O)C1C. The van der Waals surface area contributed by atoms with Gasteiger partial charge in [-0.3, -0.25) is 14.5 Å². The fraction of sp³-hybridized carbons (Fsp3) is 0.474. The van der Waals surface area contributed by atoms with Crippen LogP contribution in [-0.2, 0) is 9.59 Å². The van der Waals surface area contributed by atoms with Crippen LogP contribution in [0.15, 0.2) is 58.4 Å². The number of hydrogen-bond acceptors (Lipinski definition) is 5. The lowest BCUT2D eigenvalue weighted by molar-refractivity contribution is -0.139. The molecule has 4 rings (SSSR count). The van der Waals surface area contributed by atoms with Gasteiger partial charge in [0.15, 0.2) is 0 Å². The summed E-state index contributed by atoms with van der Waals surface area (Å²) in [6.45, 7) is 6.01. The van der Waals surface area contributed by atoms with Crippen molar-refractivity contribution in [1.82, 2.24) is 4.90 Å². The normalized spacial score (nSPS) is 39.2. The first kappa shape index (κ1) is 16.5. The summed E-state index contributed by atoms with van der Waals surface area (Å²) in [4.78, 5) is 26.6. The highest BCUT2D eigenvalue weighted by atomic mass is 32.2. The maximum Gasteiger partial charge on any atom is 0.236 e. The summed E-state index contributed by atoms with van der Waals surface area (Å²) in [5.41, 5.74) is 1.04. The minimum absolute atomic E-state index is 0.0469. The van der Waals surface area contributed by atoms with Crippen molar-refractivity contribution in [3.05, 3.63) is 48.7 Å². The van der Waals surface area contributed by atoms with Gasteiger partial charge in [0.1, 0.15) is 0 Å². The average Bonchev–Trinajstić information content (AvgIpc) is 3.15. The number of nitrogens with zero attached hydrogens (tertiary/aromatic N) is 3. The van der Waals surface area contributed by atoms with Crippen LogP contribution in [0.5, 0.6) is 0 Å². The molecule has 0 radical (unpaired) electrons. The lowest BCUT2D eigenvalue weighted by Crippen LogP contribution is -2.33. The van der Waals surface area contributed by atoms with E-state index in [0.717, 1.165) is 12.1 Å². The van der Waals surface area contributed by atoms with Gasteiger partial charge in [-0.15, -0.1) is 9.63 Å². The molecule has 2 aliphatic carbocycles. The van der Waals surface area contributed by atoms with E-state index in [1.165, 1.54) is 16.8 Å². The zero-order valence-electron chi connectivity index (χ0n) is 14.1. The number of fused-ring (bicyclic) bond motifs is 1. The van der Waals surface area contributed by atoms with E-state index in [0.29, 0.717) is 29.5 Å². The third-order valence-corrected chi connectivity index (χ3v) is 6.61. The zero-order valence-corrected chi connectivity index (χ0v) is 14.9. The molecule has 0 aromatic heterocycles. The van der Waals surface area contributed by atoms with Crippen molar-refractivity contribution in [1.29, 1.82) is 0 Å². The summed E-state index contributed by atoms with van der Waals surface area (Å²) < 4.78 is 4.09. The van der Waals surface area contributed by atoms with Gasteiger partial charge in [-0.05, 0) is 30.3 Å². The number of carbonyl (C=O) groups is 2. The Balaban J connectivity index is 1.41. The first-order valence-corrected chi connectivity index (χ1v) is 9.55. The van der Waals surface area contributed by atoms with Crippen molar-refractivity contribution in [2.75, 3.05) is 6.54 Å². The van der Waals surface area contributed by atoms with Crippen LogP contribution in [0.25, 0.3) is 0 Å². The van der Waals surface area contributed by atoms with Crippen LogP contribution in [0, 0.1) is 29.6 Å². The van der Waals surface area contributed by atoms with E-state index < -0.39 is 0 Å². The molecule has 130 valence electrons. The van der Waals surface area contributed by atoms with Crippen molar-refractivity contribution in [2.45, 2.75) is 18.6 Å². The molecule has 2 amide bonds. The summed E-state index contributed by atoms with van der Waals surface area (Å²) in [5, 5.41) is 4.48. The van der Waals surface area contributed by atoms with Crippen molar-refractivity contribution >= 4 is 23.8 Å². The van der Waals surface area contributed by atoms with Crippen LogP contribution in [-0.4, -0.2) is 28.5 Å². The number of carbonyl (C=O) groups excluding carboxylic acids is 2. The topological polar surface area (TPSA) is 62.1 Å². The molecule has 0 aromatic rings. The molecule has 2 fully saturated rings. The molecule has 6 unspecified atom stereocenters. The molecule has 1 saturated carbocycles. The third kappa shape index (κ3) is 2.82. The number of likely N-dealkylation sites (tertiary alicyclic amines) is 1. The first-order valence-electron chi connectivity index (χ1n) is 8.71. The largest absolute Gasteiger partial charge is 0.282 e. The van der Waals surface area contributed by atoms with Crippen LogP contribution in [0.3, 0.4) is 0 Å². The van der Waals surface area contributed by atoms with Gasteiger partial charge in [-0.2, -0.15) is 0 Å². The monoisotopic (exact) mass is 355 g/mol. The predicted molar refractivity (Wildman–Crippen MR) is 97.3 cm³/mol. The van der Waals surface area contributed by atoms with Gasteiger partial charge in [0, 0.05) is 18.5 Å². The molecule has 5 nitrogen and oxygen atoms in total. The van der Waals surface area contributed by atoms with E-state index in [9.17, 15) is 9.59 Å². The second-order valence-corrected chi connectivity index (χ2v) is 8.03. The summed E-state index contributed by atoms with van der Waals surface area (Å²) in [6.07, 6.45) is 12.5. The van der Waals surface area contributed by atoms with Crippen molar-refractivity contribution in [3.8, 4) is 0 Å². The lowest BCUT2D eigenvalue weighted by Gasteiger charge is -2.22. The van der Waals surface area contributed by atoms with Crippen molar-refractivity contribution < 1.29 is 9.59 Å². The number of hydrogen-bond donors (Lipinski definition) is 0. The average molecular weight is 355 g/mol. The lowest BCUT2D eigenvalue weighted by atomic mass is 9.92. The second kappa shape index (κ2) is 6.41. The van der Waals surface area contributed by atoms with Crippen LogP contribution in [0.2, 0.25) is 0 Å². The van der Waals surface area contributed by atoms with Gasteiger partial charge >= 0.3 is 0 Å². The summed E-state index contributed by atoms with van der Waals surface area (Å²) >= 11 is 1.53. The van der Waals surface area contributed by atoms with Crippen molar-refractivity contribution in [3.63, 3.8) is 0 Å². The highest BCUT2D eigenvalue weighted by Crippen LogP contribution is 2.53. The Labute approximate surface area is 151 Å². The molecule has 0 bridgehead atoms. The molecule has 0 spiro atoms. The fourth-order valence-corrected chi connectivity index (χ4v) is 5.00. The Hall–Kier alpha value is -1.95. The van der Waals surface area contributed by atoms with Gasteiger partial charge in [-0.1, -0.05) is 43.9 Å². The maximum atomic E-state index is 12.6. The smallest absolute Gasteiger partial charge is 0.236 e. The number of amides is 2. The Morgan fingerprint density at radius 2 is 2.24 bits per heavy atom. The standard InChI is InChI=1S/C19H21N3O2S/c1-3-4-6-13-11(2)18(23)22(19(13)24)10-12-9-15(12)14-7-5-8-16-17(14)25-21-20-16/h3-8,11-15,17H,1,9-10H2,2H3/b6-4-. The third-order valence-electron chi connectivity index (χ3n) is 5.65. The number of rotatable bonds is 5. The van der Waals surface area contributed by atoms with Gasteiger partial charge in [0.05, 0.1) is 22.8 Å². The minimum Gasteiger partial charge on any atom is -0.282 e. The molecule has 6 atom stereocenters. The van der Waals surface area contributed by atoms with Crippen LogP contribution in [0.1, 0.15) is 13.3 Å². The minimum atomic E-state index is -0.352. The zero-order chi connectivity index (χ0) is 17.6. The fourth-order valence-electron chi connectivity index (χ4n) is 4.09. The molecule has 4 aliphatic rings. The molecule has 25 heavy (non-hydrogen) atoms. The van der Waals surface area contributed by atoms with Gasteiger partial charge in [0.2, 0.25) is 11.8 Å². The highest BCUT2D eigenvalue weighted by molar-refractivity contribution is 7.98. The first-order chi connectivity index (χ1) is 12.1. The second-order valence-electron chi connectivity index (χ2n) is 7.14. The van der Waals surface area contributed by atoms with E-state index >= 15 is 0 Å². The predicted octanol–water partition coefficient (Wildman–Crippen LogP) is 3.54. The van der Waals surface area contributed by atoms with Gasteiger partial charge in [-0.25, -0.2) is 0 Å². The number of imide groups is 1. The molecule has 0 N–H and O–H groups in total. The Morgan fingerprint density at radius 1 is 1.40 bits per heavy atom. The Morgan fingerprint density at radius 3 is 3.04 bits per heavy atom. The summed E-state index contributed by atoms with van der Waals surface area (Å²) in [5.74, 6) is 0.530. The van der Waals surface area contributed by atoms with Crippen LogP contribution in [0.4, 0.5) is 0 Å². The van der Waals surface area contributed by atoms with Gasteiger partial charge in [0.25, 0.3) is 0 Å². The number of allylic oxidation sites excluding steroid dienone is 5. The van der Waals surface area contributed by atoms with Gasteiger partial charge < -0.3 is 0 Å². The molecule has 6 heteroatoms. The molecular formula is C19H21N3O2S. The van der Waals surface area contributed by atoms with Crippen LogP contribution >= 0.6 is 11.9 Å². The summed E-state index contributed by atoms with van der Waals surface area (Å²) in [7, 11) is 0. The molecule has 2 heterocycles. The Bertz CT molecular complexity index is 739.